The summed E-state index contributed by atoms with van der Waals surface area (Å²) >= 11 is 0. The van der Waals surface area contributed by atoms with E-state index < -0.39 is 39.8 Å². The van der Waals surface area contributed by atoms with Crippen LogP contribution in [-0.2, 0) is 41.1 Å². The third-order valence-electron chi connectivity index (χ3n) is 7.44. The maximum atomic E-state index is 14.0. The highest BCUT2D eigenvalue weighted by Crippen LogP contribution is 2.36. The van der Waals surface area contributed by atoms with E-state index in [9.17, 15) is 9.32 Å². The molecule has 0 spiro atoms. The zero-order valence-corrected chi connectivity index (χ0v) is 25.6. The monoisotopic (exact) mass is 586 g/mol. The molecule has 1 N–H and O–H groups in total. The summed E-state index contributed by atoms with van der Waals surface area (Å²) in [5.74, 6) is -1.69. The normalized spacial score (nSPS) is 27.9. The molecule has 8 heteroatoms. The number of hydrogen-bond acceptors (Lipinski definition) is 7. The SMILES string of the molecule is C=CC[C@@H]1C[C@H](C(O)C(C[C@@H]2C[C@H](CCOCc3ccccc3)OC(C)(C)O2)S(=O)c2ccccc2)OC(C)(C)O1. The van der Waals surface area contributed by atoms with Gasteiger partial charge < -0.3 is 28.8 Å². The van der Waals surface area contributed by atoms with Gasteiger partial charge in [0.15, 0.2) is 11.6 Å². The maximum Gasteiger partial charge on any atom is 0.163 e. The number of aliphatic hydroxyl groups excluding tert-OH is 1. The number of aliphatic hydroxyl groups is 1. The van der Waals surface area contributed by atoms with Gasteiger partial charge in [0.1, 0.15) is 0 Å². The number of hydrogen-bond donors (Lipinski definition) is 1. The van der Waals surface area contributed by atoms with Crippen molar-refractivity contribution in [3.8, 4) is 0 Å². The fourth-order valence-electron chi connectivity index (χ4n) is 5.79. The Bertz CT molecular complexity index is 1110. The molecule has 3 unspecified atom stereocenters. The molecule has 2 aliphatic heterocycles. The van der Waals surface area contributed by atoms with E-state index >= 15 is 0 Å². The van der Waals surface area contributed by atoms with E-state index in [0.29, 0.717) is 50.2 Å². The fraction of sp³-hybridized carbons (Fsp3) is 0.576. The van der Waals surface area contributed by atoms with Crippen molar-refractivity contribution in [2.75, 3.05) is 6.61 Å². The smallest absolute Gasteiger partial charge is 0.163 e. The minimum Gasteiger partial charge on any atom is -0.389 e. The predicted octanol–water partition coefficient (Wildman–Crippen LogP) is 5.92. The lowest BCUT2D eigenvalue weighted by molar-refractivity contribution is -0.314. The molecule has 2 fully saturated rings. The molecule has 7 atom stereocenters. The molecule has 2 aliphatic rings. The molecule has 0 amide bonds. The zero-order chi connectivity index (χ0) is 29.5. The van der Waals surface area contributed by atoms with Crippen molar-refractivity contribution in [1.29, 1.82) is 0 Å². The summed E-state index contributed by atoms with van der Waals surface area (Å²) in [5, 5.41) is 11.2. The van der Waals surface area contributed by atoms with Crippen LogP contribution in [0.1, 0.15) is 65.4 Å². The summed E-state index contributed by atoms with van der Waals surface area (Å²) in [6, 6.07) is 19.4. The van der Waals surface area contributed by atoms with E-state index in [1.165, 1.54) is 0 Å². The Morgan fingerprint density at radius 3 is 2.22 bits per heavy atom. The van der Waals surface area contributed by atoms with Crippen LogP contribution in [0.5, 0.6) is 0 Å². The van der Waals surface area contributed by atoms with Crippen LogP contribution in [-0.4, -0.2) is 63.3 Å². The average molecular weight is 587 g/mol. The first-order chi connectivity index (χ1) is 19.5. The molecule has 0 aliphatic carbocycles. The summed E-state index contributed by atoms with van der Waals surface area (Å²) < 4.78 is 44.8. The second kappa shape index (κ2) is 14.5. The van der Waals surface area contributed by atoms with Crippen LogP contribution in [0.3, 0.4) is 0 Å². The minimum absolute atomic E-state index is 0.0855. The van der Waals surface area contributed by atoms with Crippen LogP contribution in [0.2, 0.25) is 0 Å². The van der Waals surface area contributed by atoms with Crippen molar-refractivity contribution in [1.82, 2.24) is 0 Å². The lowest BCUT2D eigenvalue weighted by Gasteiger charge is -2.45. The van der Waals surface area contributed by atoms with Crippen molar-refractivity contribution in [3.05, 3.63) is 78.9 Å². The first kappa shape index (κ1) is 32.0. The van der Waals surface area contributed by atoms with Gasteiger partial charge in [0, 0.05) is 24.3 Å². The van der Waals surface area contributed by atoms with Gasteiger partial charge in [-0.2, -0.15) is 0 Å². The molecule has 2 heterocycles. The first-order valence-corrected chi connectivity index (χ1v) is 15.8. The first-order valence-electron chi connectivity index (χ1n) is 14.6. The topological polar surface area (TPSA) is 83.5 Å². The highest BCUT2D eigenvalue weighted by atomic mass is 32.2. The van der Waals surface area contributed by atoms with Gasteiger partial charge >= 0.3 is 0 Å². The second-order valence-electron chi connectivity index (χ2n) is 11.9. The molecule has 4 rings (SSSR count). The van der Waals surface area contributed by atoms with E-state index in [1.54, 1.807) is 0 Å². The standard InChI is InChI=1S/C33H46O7S/c1-6-13-25-21-29(40-33(4,5)37-25)31(34)30(41(35)28-16-11-8-12-17-28)22-27-20-26(38-32(2,3)39-27)18-19-36-23-24-14-9-7-10-15-24/h6-12,14-17,25-27,29-31,34H,1,13,18-23H2,2-5H3/t25-,26+,27+,29-,30?,31?,41?/m1/s1. The largest absolute Gasteiger partial charge is 0.389 e. The van der Waals surface area contributed by atoms with Crippen molar-refractivity contribution in [3.63, 3.8) is 0 Å². The number of rotatable bonds is 13. The summed E-state index contributed by atoms with van der Waals surface area (Å²) in [6.07, 6.45) is 2.65. The van der Waals surface area contributed by atoms with Gasteiger partial charge in [0.2, 0.25) is 0 Å². The molecule has 7 nitrogen and oxygen atoms in total. The molecule has 226 valence electrons. The second-order valence-corrected chi connectivity index (χ2v) is 13.5. The molecule has 0 bridgehead atoms. The van der Waals surface area contributed by atoms with Gasteiger partial charge in [-0.25, -0.2) is 0 Å². The quantitative estimate of drug-likeness (QED) is 0.231. The molecule has 0 radical (unpaired) electrons. The molecule has 0 saturated carbocycles. The summed E-state index contributed by atoms with van der Waals surface area (Å²) in [6.45, 7) is 12.5. The Hall–Kier alpha value is -1.91. The Balaban J connectivity index is 1.47. The average Bonchev–Trinajstić information content (AvgIpc) is 2.93. The lowest BCUT2D eigenvalue weighted by atomic mass is 9.94. The van der Waals surface area contributed by atoms with Crippen molar-refractivity contribution >= 4 is 10.8 Å². The Kier molecular flexibility index (Phi) is 11.3. The highest BCUT2D eigenvalue weighted by Gasteiger charge is 2.45. The van der Waals surface area contributed by atoms with Crippen LogP contribution in [0, 0.1) is 0 Å². The lowest BCUT2D eigenvalue weighted by Crippen LogP contribution is -2.54. The molecule has 2 aromatic rings. The van der Waals surface area contributed by atoms with E-state index in [4.69, 9.17) is 23.7 Å². The molecule has 41 heavy (non-hydrogen) atoms. The molecule has 2 aromatic carbocycles. The summed E-state index contributed by atoms with van der Waals surface area (Å²) in [5.41, 5.74) is 1.13. The van der Waals surface area contributed by atoms with Crippen molar-refractivity contribution < 1.29 is 33.0 Å². The molecular weight excluding hydrogens is 540 g/mol. The molecule has 0 aromatic heterocycles. The van der Waals surface area contributed by atoms with Gasteiger partial charge in [-0.1, -0.05) is 54.6 Å². The van der Waals surface area contributed by atoms with E-state index in [2.05, 4.69) is 6.58 Å². The number of ether oxygens (including phenoxy) is 5. The van der Waals surface area contributed by atoms with Crippen LogP contribution in [0.4, 0.5) is 0 Å². The van der Waals surface area contributed by atoms with Crippen LogP contribution >= 0.6 is 0 Å². The Morgan fingerprint density at radius 1 is 0.927 bits per heavy atom. The van der Waals surface area contributed by atoms with Gasteiger partial charge in [0.05, 0.1) is 53.2 Å². The van der Waals surface area contributed by atoms with Gasteiger partial charge in [0.25, 0.3) is 0 Å². The molecular formula is C33H46O7S. The Labute approximate surface area is 247 Å². The van der Waals surface area contributed by atoms with Gasteiger partial charge in [-0.15, -0.1) is 6.58 Å². The van der Waals surface area contributed by atoms with Gasteiger partial charge in [-0.05, 0) is 64.7 Å². The summed E-state index contributed by atoms with van der Waals surface area (Å²) in [4.78, 5) is 0.669. The maximum absolute atomic E-state index is 14.0. The van der Waals surface area contributed by atoms with E-state index in [0.717, 1.165) is 5.56 Å². The zero-order valence-electron chi connectivity index (χ0n) is 24.8. The summed E-state index contributed by atoms with van der Waals surface area (Å²) in [7, 11) is -1.49. The fourth-order valence-corrected chi connectivity index (χ4v) is 7.38. The van der Waals surface area contributed by atoms with Crippen molar-refractivity contribution in [2.24, 2.45) is 0 Å². The number of benzene rings is 2. The van der Waals surface area contributed by atoms with Crippen LogP contribution < -0.4 is 0 Å². The Morgan fingerprint density at radius 2 is 1.54 bits per heavy atom. The highest BCUT2D eigenvalue weighted by molar-refractivity contribution is 7.85. The predicted molar refractivity (Wildman–Crippen MR) is 160 cm³/mol. The van der Waals surface area contributed by atoms with Crippen LogP contribution in [0.15, 0.2) is 78.2 Å². The third kappa shape index (κ3) is 9.55. The minimum atomic E-state index is -1.49. The molecule has 2 saturated heterocycles. The van der Waals surface area contributed by atoms with Crippen LogP contribution in [0.25, 0.3) is 0 Å². The van der Waals surface area contributed by atoms with Gasteiger partial charge in [-0.3, -0.25) is 4.21 Å². The third-order valence-corrected chi connectivity index (χ3v) is 9.20. The van der Waals surface area contributed by atoms with Crippen molar-refractivity contribution in [2.45, 2.75) is 119 Å². The van der Waals surface area contributed by atoms with E-state index in [-0.39, 0.29) is 18.3 Å². The van der Waals surface area contributed by atoms with E-state index in [1.807, 2.05) is 94.4 Å².